The number of aromatic nitrogens is 2. The van der Waals surface area contributed by atoms with Crippen LogP contribution in [0.5, 0.6) is 0 Å². The maximum absolute atomic E-state index is 11.0. The molecule has 1 aromatic heterocycles. The van der Waals surface area contributed by atoms with E-state index in [9.17, 15) is 4.79 Å². The number of aryl methyl sites for hydroxylation is 1. The van der Waals surface area contributed by atoms with Crippen LogP contribution in [0.4, 0.5) is 0 Å². The Morgan fingerprint density at radius 1 is 1.82 bits per heavy atom. The summed E-state index contributed by atoms with van der Waals surface area (Å²) in [7, 11) is 1.59. The number of imidazole rings is 1. The molecule has 0 saturated heterocycles. The molecule has 0 unspecified atom stereocenters. The van der Waals surface area contributed by atoms with Crippen LogP contribution in [0.25, 0.3) is 0 Å². The lowest BCUT2D eigenvalue weighted by Crippen LogP contribution is -2.17. The van der Waals surface area contributed by atoms with Crippen molar-refractivity contribution in [3.63, 3.8) is 0 Å². The van der Waals surface area contributed by atoms with Crippen molar-refractivity contribution in [2.24, 2.45) is 0 Å². The zero-order valence-electron chi connectivity index (χ0n) is 6.66. The summed E-state index contributed by atoms with van der Waals surface area (Å²) >= 11 is 0. The molecule has 0 fully saturated rings. The van der Waals surface area contributed by atoms with Gasteiger partial charge >= 0.3 is 0 Å². The topological polar surface area (TPSA) is 46.9 Å². The van der Waals surface area contributed by atoms with Crippen molar-refractivity contribution in [2.45, 2.75) is 13.5 Å². The number of carbonyl (C=O) groups is 1. The van der Waals surface area contributed by atoms with Crippen LogP contribution in [0.1, 0.15) is 17.4 Å². The van der Waals surface area contributed by atoms with Crippen LogP contribution in [-0.2, 0) is 6.54 Å². The Morgan fingerprint density at radius 3 is 3.00 bits per heavy atom. The molecule has 1 rings (SSSR count). The smallest absolute Gasteiger partial charge is 0.271 e. The third-order valence-corrected chi connectivity index (χ3v) is 1.46. The molecule has 60 valence electrons. The van der Waals surface area contributed by atoms with Crippen molar-refractivity contribution in [3.8, 4) is 0 Å². The summed E-state index contributed by atoms with van der Waals surface area (Å²) in [6.07, 6.45) is 3.36. The molecule has 0 aliphatic carbocycles. The average molecular weight is 153 g/mol. The van der Waals surface area contributed by atoms with Gasteiger partial charge in [-0.1, -0.05) is 0 Å². The quantitative estimate of drug-likeness (QED) is 0.662. The maximum Gasteiger partial charge on any atom is 0.271 e. The summed E-state index contributed by atoms with van der Waals surface area (Å²) in [5, 5.41) is 2.50. The first-order valence-corrected chi connectivity index (χ1v) is 3.51. The van der Waals surface area contributed by atoms with E-state index in [0.717, 1.165) is 6.54 Å². The van der Waals surface area contributed by atoms with Gasteiger partial charge in [0.15, 0.2) is 0 Å². The predicted octanol–water partition coefficient (Wildman–Crippen LogP) is 0.263. The maximum atomic E-state index is 11.0. The second-order valence-electron chi connectivity index (χ2n) is 2.17. The summed E-state index contributed by atoms with van der Waals surface area (Å²) in [6, 6.07) is 0. The van der Waals surface area contributed by atoms with E-state index in [-0.39, 0.29) is 5.91 Å². The third-order valence-electron chi connectivity index (χ3n) is 1.46. The van der Waals surface area contributed by atoms with Gasteiger partial charge in [-0.3, -0.25) is 4.79 Å². The monoisotopic (exact) mass is 153 g/mol. The van der Waals surface area contributed by atoms with Gasteiger partial charge in [0.1, 0.15) is 5.69 Å². The summed E-state index contributed by atoms with van der Waals surface area (Å²) in [6.45, 7) is 2.83. The normalized spacial score (nSPS) is 9.64. The minimum Gasteiger partial charge on any atom is -0.354 e. The highest BCUT2D eigenvalue weighted by molar-refractivity contribution is 5.91. The molecule has 0 spiro atoms. The Kier molecular flexibility index (Phi) is 2.25. The first-order valence-electron chi connectivity index (χ1n) is 3.51. The molecule has 1 aromatic rings. The molecule has 0 aromatic carbocycles. The molecule has 11 heavy (non-hydrogen) atoms. The van der Waals surface area contributed by atoms with Crippen molar-refractivity contribution < 1.29 is 4.79 Å². The van der Waals surface area contributed by atoms with Crippen LogP contribution >= 0.6 is 0 Å². The molecule has 4 heteroatoms. The molecule has 0 aliphatic rings. The molecular weight excluding hydrogens is 142 g/mol. The van der Waals surface area contributed by atoms with E-state index in [1.807, 2.05) is 11.5 Å². The summed E-state index contributed by atoms with van der Waals surface area (Å²) < 4.78 is 1.85. The van der Waals surface area contributed by atoms with Crippen LogP contribution in [0.3, 0.4) is 0 Å². The van der Waals surface area contributed by atoms with E-state index in [1.54, 1.807) is 19.6 Å². The van der Waals surface area contributed by atoms with Crippen LogP contribution < -0.4 is 5.32 Å². The zero-order valence-corrected chi connectivity index (χ0v) is 6.66. The Hall–Kier alpha value is -1.32. The van der Waals surface area contributed by atoms with Crippen LogP contribution in [0.15, 0.2) is 12.5 Å². The molecular formula is C7H11N3O. The van der Waals surface area contributed by atoms with Gasteiger partial charge < -0.3 is 9.88 Å². The fourth-order valence-corrected chi connectivity index (χ4v) is 0.778. The fourth-order valence-electron chi connectivity index (χ4n) is 0.778. The second-order valence-corrected chi connectivity index (χ2v) is 2.17. The molecule has 1 amide bonds. The van der Waals surface area contributed by atoms with Gasteiger partial charge in [-0.05, 0) is 6.92 Å². The van der Waals surface area contributed by atoms with Gasteiger partial charge in [0, 0.05) is 19.8 Å². The number of carbonyl (C=O) groups excluding carboxylic acids is 1. The highest BCUT2D eigenvalue weighted by Gasteiger charge is 2.04. The van der Waals surface area contributed by atoms with Crippen molar-refractivity contribution in [2.75, 3.05) is 7.05 Å². The SMILES string of the molecule is CCn1cnc(C(=O)NC)c1. The van der Waals surface area contributed by atoms with E-state index >= 15 is 0 Å². The highest BCUT2D eigenvalue weighted by atomic mass is 16.1. The van der Waals surface area contributed by atoms with E-state index in [1.165, 1.54) is 0 Å². The summed E-state index contributed by atoms with van der Waals surface area (Å²) in [5.74, 6) is -0.141. The van der Waals surface area contributed by atoms with Gasteiger partial charge in [-0.2, -0.15) is 0 Å². The van der Waals surface area contributed by atoms with Crippen LogP contribution in [-0.4, -0.2) is 22.5 Å². The molecule has 0 atom stereocenters. The molecule has 0 radical (unpaired) electrons. The Morgan fingerprint density at radius 2 is 2.55 bits per heavy atom. The van der Waals surface area contributed by atoms with E-state index < -0.39 is 0 Å². The minimum absolute atomic E-state index is 0.141. The van der Waals surface area contributed by atoms with E-state index in [0.29, 0.717) is 5.69 Å². The molecule has 1 heterocycles. The van der Waals surface area contributed by atoms with Gasteiger partial charge in [-0.25, -0.2) is 4.98 Å². The predicted molar refractivity (Wildman–Crippen MR) is 41.3 cm³/mol. The lowest BCUT2D eigenvalue weighted by Gasteiger charge is -1.92. The van der Waals surface area contributed by atoms with Crippen molar-refractivity contribution in [1.82, 2.24) is 14.9 Å². The average Bonchev–Trinajstić information content (AvgIpc) is 2.50. The van der Waals surface area contributed by atoms with Gasteiger partial charge in [0.05, 0.1) is 6.33 Å². The first kappa shape index (κ1) is 7.78. The van der Waals surface area contributed by atoms with Gasteiger partial charge in [0.25, 0.3) is 5.91 Å². The van der Waals surface area contributed by atoms with E-state index in [2.05, 4.69) is 10.3 Å². The third kappa shape index (κ3) is 1.58. The van der Waals surface area contributed by atoms with E-state index in [4.69, 9.17) is 0 Å². The van der Waals surface area contributed by atoms with Crippen molar-refractivity contribution in [3.05, 3.63) is 18.2 Å². The first-order chi connectivity index (χ1) is 5.27. The molecule has 1 N–H and O–H groups in total. The number of hydrogen-bond acceptors (Lipinski definition) is 2. The Labute approximate surface area is 65.2 Å². The molecule has 4 nitrogen and oxygen atoms in total. The Balaban J connectivity index is 2.80. The van der Waals surface area contributed by atoms with Crippen LogP contribution in [0.2, 0.25) is 0 Å². The summed E-state index contributed by atoms with van der Waals surface area (Å²) in [5.41, 5.74) is 0.467. The number of hydrogen-bond donors (Lipinski definition) is 1. The second kappa shape index (κ2) is 3.18. The fraction of sp³-hybridized carbons (Fsp3) is 0.429. The van der Waals surface area contributed by atoms with Crippen molar-refractivity contribution >= 4 is 5.91 Å². The minimum atomic E-state index is -0.141. The number of amides is 1. The van der Waals surface area contributed by atoms with Gasteiger partial charge in [-0.15, -0.1) is 0 Å². The van der Waals surface area contributed by atoms with Crippen molar-refractivity contribution in [1.29, 1.82) is 0 Å². The largest absolute Gasteiger partial charge is 0.354 e. The zero-order chi connectivity index (χ0) is 8.27. The lowest BCUT2D eigenvalue weighted by atomic mass is 10.4. The molecule has 0 saturated carbocycles. The van der Waals surface area contributed by atoms with Crippen LogP contribution in [0, 0.1) is 0 Å². The van der Waals surface area contributed by atoms with Gasteiger partial charge in [0.2, 0.25) is 0 Å². The number of nitrogens with one attached hydrogen (secondary N) is 1. The lowest BCUT2D eigenvalue weighted by molar-refractivity contribution is 0.0958. The highest BCUT2D eigenvalue weighted by Crippen LogP contribution is 1.94. The Bertz CT molecular complexity index is 254. The summed E-state index contributed by atoms with van der Waals surface area (Å²) in [4.78, 5) is 14.9. The molecule has 0 aliphatic heterocycles. The molecule has 0 bridgehead atoms. The number of rotatable bonds is 2. The number of nitrogens with zero attached hydrogens (tertiary/aromatic N) is 2. The standard InChI is InChI=1S/C7H11N3O/c1-3-10-4-6(9-5-10)7(11)8-2/h4-5H,3H2,1-2H3,(H,8,11).